The van der Waals surface area contributed by atoms with Gasteiger partial charge in [-0.3, -0.25) is 0 Å². The maximum absolute atomic E-state index is 12.7. The molecular weight excluding hydrogens is 444 g/mol. The topological polar surface area (TPSA) is 69.7 Å². The van der Waals surface area contributed by atoms with Crippen molar-refractivity contribution in [3.8, 4) is 0 Å². The molecule has 1 fully saturated rings. The van der Waals surface area contributed by atoms with E-state index in [1.165, 1.54) is 0 Å². The fourth-order valence-corrected chi connectivity index (χ4v) is 4.52. The van der Waals surface area contributed by atoms with Gasteiger partial charge in [0.1, 0.15) is 0 Å². The summed E-state index contributed by atoms with van der Waals surface area (Å²) in [5.41, 5.74) is 0. The van der Waals surface area contributed by atoms with Crippen LogP contribution in [0.3, 0.4) is 0 Å². The standard InChI is InChI=1S/C6F12O5S2/c7-3(8,9)1(4(10,11)12)22-24(19)2(5(13,14)15,6(16,17)18)25(20,21)23-1. The van der Waals surface area contributed by atoms with E-state index in [4.69, 9.17) is 0 Å². The van der Waals surface area contributed by atoms with Gasteiger partial charge in [0.05, 0.1) is 0 Å². The molecule has 0 spiro atoms. The number of rotatable bonds is 0. The van der Waals surface area contributed by atoms with E-state index >= 15 is 0 Å². The van der Waals surface area contributed by atoms with Crippen molar-refractivity contribution in [2.45, 2.75) is 34.6 Å². The summed E-state index contributed by atoms with van der Waals surface area (Å²) in [6.45, 7) is 0. The lowest BCUT2D eigenvalue weighted by Gasteiger charge is -2.44. The predicted molar refractivity (Wildman–Crippen MR) is 48.9 cm³/mol. The Morgan fingerprint density at radius 1 is 0.680 bits per heavy atom. The van der Waals surface area contributed by atoms with Gasteiger partial charge in [0.2, 0.25) is 11.1 Å². The third-order valence-corrected chi connectivity index (χ3v) is 6.46. The molecule has 1 heterocycles. The summed E-state index contributed by atoms with van der Waals surface area (Å²) in [5, 5.41) is 0. The van der Waals surface area contributed by atoms with Crippen LogP contribution >= 0.6 is 0 Å². The van der Waals surface area contributed by atoms with Crippen LogP contribution in [0.4, 0.5) is 52.7 Å². The molecule has 0 radical (unpaired) electrons. The highest BCUT2D eigenvalue weighted by Gasteiger charge is 2.92. The molecule has 0 aliphatic carbocycles. The first kappa shape index (κ1) is 22.2. The van der Waals surface area contributed by atoms with E-state index < -0.39 is 55.8 Å². The van der Waals surface area contributed by atoms with Crippen molar-refractivity contribution in [1.82, 2.24) is 0 Å². The summed E-state index contributed by atoms with van der Waals surface area (Å²) < 4.78 is 183. The highest BCUT2D eigenvalue weighted by atomic mass is 32.3. The predicted octanol–water partition coefficient (Wildman–Crippen LogP) is 2.67. The zero-order valence-corrected chi connectivity index (χ0v) is 12.0. The lowest BCUT2D eigenvalue weighted by atomic mass is 10.3. The van der Waals surface area contributed by atoms with Gasteiger partial charge in [-0.05, 0) is 0 Å². The maximum atomic E-state index is 12.7. The van der Waals surface area contributed by atoms with Crippen LogP contribution in [0.1, 0.15) is 0 Å². The monoisotopic (exact) mass is 444 g/mol. The summed E-state index contributed by atoms with van der Waals surface area (Å²) in [4.78, 5) is 0. The minimum atomic E-state index is -7.94. The Bertz CT molecular complexity index is 638. The molecule has 0 aromatic rings. The Morgan fingerprint density at radius 3 is 1.20 bits per heavy atom. The van der Waals surface area contributed by atoms with Gasteiger partial charge in [0.25, 0.3) is 0 Å². The maximum Gasteiger partial charge on any atom is 0.455 e. The average molecular weight is 444 g/mol. The van der Waals surface area contributed by atoms with Crippen LogP contribution in [-0.2, 0) is 29.6 Å². The molecule has 1 rings (SSSR count). The first-order valence-electron chi connectivity index (χ1n) is 4.92. The van der Waals surface area contributed by atoms with Gasteiger partial charge in [0.15, 0.2) is 0 Å². The lowest BCUT2D eigenvalue weighted by molar-refractivity contribution is -0.425. The molecule has 1 aliphatic rings. The van der Waals surface area contributed by atoms with E-state index in [-0.39, 0.29) is 0 Å². The Kier molecular flexibility index (Phi) is 4.75. The van der Waals surface area contributed by atoms with Crippen LogP contribution in [0.15, 0.2) is 0 Å². The first-order valence-corrected chi connectivity index (χ1v) is 7.40. The Hall–Kier alpha value is -0.820. The minimum absolute atomic E-state index is 2.20. The lowest BCUT2D eigenvalue weighted by Crippen LogP contribution is -2.75. The second kappa shape index (κ2) is 5.35. The second-order valence-corrected chi connectivity index (χ2v) is 7.27. The molecule has 1 saturated heterocycles. The summed E-state index contributed by atoms with van der Waals surface area (Å²) in [6.07, 6.45) is -28.6. The molecule has 1 atom stereocenters. The highest BCUT2D eigenvalue weighted by Crippen LogP contribution is 2.60. The van der Waals surface area contributed by atoms with E-state index in [0.717, 1.165) is 0 Å². The van der Waals surface area contributed by atoms with Crippen molar-refractivity contribution >= 4 is 21.2 Å². The molecule has 1 aliphatic heterocycles. The molecule has 0 aromatic heterocycles. The van der Waals surface area contributed by atoms with Gasteiger partial charge >= 0.3 is 44.7 Å². The van der Waals surface area contributed by atoms with Crippen molar-refractivity contribution in [3.05, 3.63) is 0 Å². The second-order valence-electron chi connectivity index (χ2n) is 4.08. The van der Waals surface area contributed by atoms with Gasteiger partial charge in [-0.25, -0.2) is 12.6 Å². The summed E-state index contributed by atoms with van der Waals surface area (Å²) in [7, 11) is -7.94. The third kappa shape index (κ3) is 2.78. The van der Waals surface area contributed by atoms with Crippen molar-refractivity contribution in [1.29, 1.82) is 0 Å². The molecule has 0 bridgehead atoms. The van der Waals surface area contributed by atoms with E-state index in [1.807, 2.05) is 0 Å². The van der Waals surface area contributed by atoms with Crippen molar-refractivity contribution < 1.29 is 73.7 Å². The molecule has 0 saturated carbocycles. The fraction of sp³-hybridized carbons (Fsp3) is 1.00. The molecule has 5 nitrogen and oxygen atoms in total. The number of hydrogen-bond donors (Lipinski definition) is 0. The fourth-order valence-electron chi connectivity index (χ4n) is 1.46. The number of hydrogen-bond acceptors (Lipinski definition) is 5. The van der Waals surface area contributed by atoms with E-state index in [2.05, 4.69) is 8.37 Å². The smallest absolute Gasteiger partial charge is 0.235 e. The third-order valence-electron chi connectivity index (χ3n) is 2.50. The summed E-state index contributed by atoms with van der Waals surface area (Å²) in [5.74, 6) is -6.54. The first-order chi connectivity index (χ1) is 10.6. The molecule has 0 amide bonds. The van der Waals surface area contributed by atoms with Crippen LogP contribution < -0.4 is 0 Å². The minimum Gasteiger partial charge on any atom is -0.235 e. The van der Waals surface area contributed by atoms with Gasteiger partial charge in [0, 0.05) is 0 Å². The van der Waals surface area contributed by atoms with Gasteiger partial charge < -0.3 is 0 Å². The molecule has 1 unspecified atom stereocenters. The van der Waals surface area contributed by atoms with Crippen molar-refractivity contribution in [2.24, 2.45) is 0 Å². The van der Waals surface area contributed by atoms with Crippen LogP contribution in [0.25, 0.3) is 0 Å². The van der Waals surface area contributed by atoms with Crippen molar-refractivity contribution in [3.63, 3.8) is 0 Å². The molecule has 0 aromatic carbocycles. The van der Waals surface area contributed by atoms with Crippen LogP contribution in [0.5, 0.6) is 0 Å². The van der Waals surface area contributed by atoms with Gasteiger partial charge in [-0.15, -0.1) is 0 Å². The zero-order chi connectivity index (χ0) is 20.5. The molecule has 25 heavy (non-hydrogen) atoms. The van der Waals surface area contributed by atoms with Crippen LogP contribution in [-0.4, -0.2) is 47.2 Å². The van der Waals surface area contributed by atoms with E-state index in [9.17, 15) is 65.3 Å². The van der Waals surface area contributed by atoms with Crippen LogP contribution in [0, 0.1) is 0 Å². The molecule has 150 valence electrons. The number of halogens is 12. The highest BCUT2D eigenvalue weighted by molar-refractivity contribution is 8.04. The summed E-state index contributed by atoms with van der Waals surface area (Å²) in [6, 6.07) is 0. The normalized spacial score (nSPS) is 27.1. The average Bonchev–Trinajstić information content (AvgIpc) is 2.18. The van der Waals surface area contributed by atoms with Crippen molar-refractivity contribution in [2.75, 3.05) is 0 Å². The Morgan fingerprint density at radius 2 is 1.00 bits per heavy atom. The van der Waals surface area contributed by atoms with Gasteiger partial charge in [-0.2, -0.15) is 61.1 Å². The molecule has 19 heteroatoms. The van der Waals surface area contributed by atoms with Crippen LogP contribution in [0.2, 0.25) is 0 Å². The SMILES string of the molecule is O=S1OC(C(F)(F)F)(C(F)(F)F)OS(=O)(=O)C1(C(F)(F)F)C(F)(F)F. The van der Waals surface area contributed by atoms with E-state index in [0.29, 0.717) is 0 Å². The quantitative estimate of drug-likeness (QED) is 0.425. The Balaban J connectivity index is 3.90. The zero-order valence-electron chi connectivity index (χ0n) is 10.4. The Labute approximate surface area is 130 Å². The van der Waals surface area contributed by atoms with Gasteiger partial charge in [-0.1, -0.05) is 0 Å². The largest absolute Gasteiger partial charge is 0.455 e. The number of alkyl halides is 12. The summed E-state index contributed by atoms with van der Waals surface area (Å²) >= 11 is -5.81. The van der Waals surface area contributed by atoms with E-state index in [1.54, 1.807) is 0 Å². The molecule has 0 N–H and O–H groups in total. The molecular formula is C6F12O5S2.